The van der Waals surface area contributed by atoms with E-state index in [4.69, 9.17) is 31.0 Å². The molecule has 0 spiro atoms. The van der Waals surface area contributed by atoms with Gasteiger partial charge in [-0.05, 0) is 48.5 Å². The van der Waals surface area contributed by atoms with Crippen molar-refractivity contribution in [2.45, 2.75) is 0 Å². The van der Waals surface area contributed by atoms with Crippen LogP contribution in [0.15, 0.2) is 60.9 Å². The molecule has 0 fully saturated rings. The monoisotopic (exact) mass is 498 g/mol. The lowest BCUT2D eigenvalue weighted by Crippen LogP contribution is -2.18. The Kier molecular flexibility index (Phi) is 7.44. The second-order valence-corrected chi connectivity index (χ2v) is 7.57. The van der Waals surface area contributed by atoms with Gasteiger partial charge in [-0.1, -0.05) is 11.6 Å². The summed E-state index contributed by atoms with van der Waals surface area (Å²) in [5, 5.41) is 12.4. The van der Waals surface area contributed by atoms with E-state index in [1.54, 1.807) is 35.8 Å². The number of benzene rings is 3. The lowest BCUT2D eigenvalue weighted by atomic mass is 10.2. The van der Waals surface area contributed by atoms with Crippen molar-refractivity contribution in [2.75, 3.05) is 25.6 Å². The third kappa shape index (κ3) is 5.68. The number of methoxy groups -OCH3 is 1. The summed E-state index contributed by atoms with van der Waals surface area (Å²) in [6.45, 7) is 0.419. The molecule has 1 amide bonds. The molecule has 1 heterocycles. The second-order valence-electron chi connectivity index (χ2n) is 7.16. The molecule has 0 aliphatic heterocycles. The zero-order chi connectivity index (χ0) is 24.8. The van der Waals surface area contributed by atoms with Crippen molar-refractivity contribution in [3.05, 3.63) is 77.3 Å². The zero-order valence-electron chi connectivity index (χ0n) is 18.4. The number of halogens is 2. The average molecular weight is 499 g/mol. The number of nitrogens with one attached hydrogen (secondary N) is 2. The number of anilines is 2. The van der Waals surface area contributed by atoms with Crippen LogP contribution < -0.4 is 25.0 Å². The van der Waals surface area contributed by atoms with Gasteiger partial charge in [0.2, 0.25) is 0 Å². The van der Waals surface area contributed by atoms with Gasteiger partial charge in [-0.3, -0.25) is 10.0 Å². The van der Waals surface area contributed by atoms with Gasteiger partial charge in [0.1, 0.15) is 36.9 Å². The Labute approximate surface area is 204 Å². The molecule has 0 aliphatic rings. The summed E-state index contributed by atoms with van der Waals surface area (Å²) >= 11 is 5.88. The van der Waals surface area contributed by atoms with Crippen LogP contribution in [-0.2, 0) is 0 Å². The van der Waals surface area contributed by atoms with E-state index in [0.29, 0.717) is 45.2 Å². The highest BCUT2D eigenvalue weighted by molar-refractivity contribution is 6.31. The number of hydroxylamine groups is 1. The van der Waals surface area contributed by atoms with Crippen molar-refractivity contribution < 1.29 is 28.6 Å². The number of carbonyl (C=O) groups excluding carboxylic acids is 1. The summed E-state index contributed by atoms with van der Waals surface area (Å²) in [6, 6.07) is 14.0. The fourth-order valence-corrected chi connectivity index (χ4v) is 3.41. The molecule has 0 bridgehead atoms. The van der Waals surface area contributed by atoms with Gasteiger partial charge < -0.3 is 19.5 Å². The molecule has 35 heavy (non-hydrogen) atoms. The molecule has 0 aliphatic carbocycles. The van der Waals surface area contributed by atoms with Crippen molar-refractivity contribution in [1.82, 2.24) is 15.4 Å². The summed E-state index contributed by atoms with van der Waals surface area (Å²) in [4.78, 5) is 20.0. The summed E-state index contributed by atoms with van der Waals surface area (Å²) < 4.78 is 30.5. The van der Waals surface area contributed by atoms with Crippen LogP contribution in [0, 0.1) is 5.82 Å². The molecule has 0 radical (unpaired) electrons. The molecule has 0 atom stereocenters. The van der Waals surface area contributed by atoms with Gasteiger partial charge in [-0.2, -0.15) is 0 Å². The van der Waals surface area contributed by atoms with Gasteiger partial charge in [0, 0.05) is 22.7 Å². The molecule has 0 saturated carbocycles. The Morgan fingerprint density at radius 1 is 1.03 bits per heavy atom. The Hall–Kier alpha value is -4.15. The third-order valence-electron chi connectivity index (χ3n) is 4.93. The third-order valence-corrected chi connectivity index (χ3v) is 5.22. The number of amides is 1. The van der Waals surface area contributed by atoms with E-state index in [-0.39, 0.29) is 18.2 Å². The van der Waals surface area contributed by atoms with Crippen LogP contribution in [0.5, 0.6) is 17.2 Å². The minimum Gasteiger partial charge on any atom is -0.493 e. The van der Waals surface area contributed by atoms with Crippen molar-refractivity contribution in [2.24, 2.45) is 0 Å². The van der Waals surface area contributed by atoms with Crippen LogP contribution >= 0.6 is 11.6 Å². The van der Waals surface area contributed by atoms with Gasteiger partial charge in [0.05, 0.1) is 17.6 Å². The molecule has 3 aromatic carbocycles. The smallest absolute Gasteiger partial charge is 0.274 e. The summed E-state index contributed by atoms with van der Waals surface area (Å²) in [7, 11) is 1.52. The molecule has 9 nitrogen and oxygen atoms in total. The van der Waals surface area contributed by atoms with Crippen molar-refractivity contribution >= 4 is 39.9 Å². The van der Waals surface area contributed by atoms with Crippen molar-refractivity contribution in [3.8, 4) is 17.2 Å². The maximum Gasteiger partial charge on any atom is 0.274 e. The van der Waals surface area contributed by atoms with Crippen molar-refractivity contribution in [1.29, 1.82) is 0 Å². The SMILES string of the molecule is COc1cc2ncnc(Nc3ccc(F)c(Cl)c3)c2cc1OCCOc1ccc(C(=O)NO)cc1. The number of hydrogen-bond donors (Lipinski definition) is 3. The summed E-state index contributed by atoms with van der Waals surface area (Å²) in [5.74, 6) is 0.822. The van der Waals surface area contributed by atoms with Gasteiger partial charge in [0.15, 0.2) is 11.5 Å². The maximum atomic E-state index is 13.5. The lowest BCUT2D eigenvalue weighted by molar-refractivity contribution is 0.0706. The minimum atomic E-state index is -0.608. The molecule has 180 valence electrons. The lowest BCUT2D eigenvalue weighted by Gasteiger charge is -2.14. The molecular formula is C24H20ClFN4O5. The Morgan fingerprint density at radius 3 is 2.51 bits per heavy atom. The van der Waals surface area contributed by atoms with E-state index in [2.05, 4.69) is 15.3 Å². The van der Waals surface area contributed by atoms with Crippen LogP contribution in [-0.4, -0.2) is 41.4 Å². The normalized spacial score (nSPS) is 10.6. The molecular weight excluding hydrogens is 479 g/mol. The van der Waals surface area contributed by atoms with E-state index in [1.165, 1.54) is 37.7 Å². The van der Waals surface area contributed by atoms with Crippen LogP contribution in [0.1, 0.15) is 10.4 Å². The average Bonchev–Trinajstić information content (AvgIpc) is 2.88. The number of rotatable bonds is 9. The fraction of sp³-hybridized carbons (Fsp3) is 0.125. The number of carbonyl (C=O) groups is 1. The first-order chi connectivity index (χ1) is 17.0. The molecule has 1 aromatic heterocycles. The first-order valence-corrected chi connectivity index (χ1v) is 10.7. The predicted octanol–water partition coefficient (Wildman–Crippen LogP) is 4.75. The largest absolute Gasteiger partial charge is 0.493 e. The van der Waals surface area contributed by atoms with Gasteiger partial charge in [-0.15, -0.1) is 0 Å². The van der Waals surface area contributed by atoms with E-state index in [9.17, 15) is 9.18 Å². The van der Waals surface area contributed by atoms with Crippen LogP contribution in [0.2, 0.25) is 5.02 Å². The molecule has 0 unspecified atom stereocenters. The number of ether oxygens (including phenoxy) is 3. The zero-order valence-corrected chi connectivity index (χ0v) is 19.2. The Morgan fingerprint density at radius 2 is 1.80 bits per heavy atom. The predicted molar refractivity (Wildman–Crippen MR) is 127 cm³/mol. The first kappa shape index (κ1) is 24.0. The quantitative estimate of drug-likeness (QED) is 0.172. The second kappa shape index (κ2) is 10.9. The number of hydrogen-bond acceptors (Lipinski definition) is 8. The highest BCUT2D eigenvalue weighted by Gasteiger charge is 2.13. The van der Waals surface area contributed by atoms with E-state index in [1.807, 2.05) is 0 Å². The summed E-state index contributed by atoms with van der Waals surface area (Å²) in [5.41, 5.74) is 3.04. The maximum absolute atomic E-state index is 13.5. The van der Waals surface area contributed by atoms with Gasteiger partial charge in [-0.25, -0.2) is 19.8 Å². The minimum absolute atomic E-state index is 0.00893. The van der Waals surface area contributed by atoms with Crippen molar-refractivity contribution in [3.63, 3.8) is 0 Å². The Bertz CT molecular complexity index is 1350. The van der Waals surface area contributed by atoms with E-state index >= 15 is 0 Å². The molecule has 3 N–H and O–H groups in total. The first-order valence-electron chi connectivity index (χ1n) is 10.3. The number of fused-ring (bicyclic) bond motifs is 1. The molecule has 0 saturated heterocycles. The standard InChI is InChI=1S/C24H20ClFN4O5/c1-33-21-12-20-17(23(28-13-27-20)29-15-4-7-19(26)18(25)10-15)11-22(21)35-9-8-34-16-5-2-14(3-6-16)24(31)30-32/h2-7,10-13,32H,8-9H2,1H3,(H,30,31)(H,27,28,29). The van der Waals surface area contributed by atoms with Gasteiger partial charge >= 0.3 is 0 Å². The molecule has 4 rings (SSSR count). The number of aromatic nitrogens is 2. The molecule has 11 heteroatoms. The highest BCUT2D eigenvalue weighted by Crippen LogP contribution is 2.35. The van der Waals surface area contributed by atoms with E-state index < -0.39 is 11.7 Å². The highest BCUT2D eigenvalue weighted by atomic mass is 35.5. The van der Waals surface area contributed by atoms with Gasteiger partial charge in [0.25, 0.3) is 5.91 Å². The topological polar surface area (TPSA) is 115 Å². The van der Waals surface area contributed by atoms with Crippen LogP contribution in [0.4, 0.5) is 15.9 Å². The molecule has 4 aromatic rings. The number of nitrogens with zero attached hydrogens (tertiary/aromatic N) is 2. The summed E-state index contributed by atoms with van der Waals surface area (Å²) in [6.07, 6.45) is 1.40. The van der Waals surface area contributed by atoms with Crippen LogP contribution in [0.25, 0.3) is 10.9 Å². The fourth-order valence-electron chi connectivity index (χ4n) is 3.22. The van der Waals surface area contributed by atoms with E-state index in [0.717, 1.165) is 0 Å². The Balaban J connectivity index is 1.47. The van der Waals surface area contributed by atoms with Crippen LogP contribution in [0.3, 0.4) is 0 Å².